The fraction of sp³-hybridized carbons (Fsp3) is 0.529. The number of carbonyl (C=O) groups excluding carboxylic acids is 1. The minimum Gasteiger partial charge on any atom is -0.337 e. The van der Waals surface area contributed by atoms with Crippen LogP contribution in [0.25, 0.3) is 11.4 Å². The lowest BCUT2D eigenvalue weighted by Gasteiger charge is -2.41. The van der Waals surface area contributed by atoms with E-state index in [1.165, 1.54) is 19.3 Å². The summed E-state index contributed by atoms with van der Waals surface area (Å²) in [6.07, 6.45) is 9.95. The quantitative estimate of drug-likeness (QED) is 0.871. The summed E-state index contributed by atoms with van der Waals surface area (Å²) in [5.41, 5.74) is 0.826. The van der Waals surface area contributed by atoms with Crippen molar-refractivity contribution in [3.05, 3.63) is 30.4 Å². The molecule has 23 heavy (non-hydrogen) atoms. The number of hydrogen-bond acceptors (Lipinski definition) is 5. The van der Waals surface area contributed by atoms with E-state index in [1.807, 2.05) is 17.0 Å². The SMILES string of the molecule is O=C(C1CCCCC1)N1CC[C@@H]1c1nc(-c2cccnc2)no1. The summed E-state index contributed by atoms with van der Waals surface area (Å²) in [6.45, 7) is 0.796. The number of carbonyl (C=O) groups is 1. The number of amides is 1. The van der Waals surface area contributed by atoms with E-state index in [4.69, 9.17) is 4.52 Å². The molecule has 0 unspecified atom stereocenters. The van der Waals surface area contributed by atoms with Crippen LogP contribution in [-0.2, 0) is 4.79 Å². The van der Waals surface area contributed by atoms with Gasteiger partial charge in [-0.3, -0.25) is 9.78 Å². The first-order valence-electron chi connectivity index (χ1n) is 8.37. The van der Waals surface area contributed by atoms with Gasteiger partial charge in [0.15, 0.2) is 0 Å². The lowest BCUT2D eigenvalue weighted by Crippen LogP contribution is -2.48. The molecule has 2 aliphatic rings. The molecule has 1 aliphatic carbocycles. The summed E-state index contributed by atoms with van der Waals surface area (Å²) in [7, 11) is 0. The zero-order chi connectivity index (χ0) is 15.6. The van der Waals surface area contributed by atoms with Crippen LogP contribution in [-0.4, -0.2) is 32.5 Å². The van der Waals surface area contributed by atoms with Crippen molar-refractivity contribution in [2.45, 2.75) is 44.6 Å². The average Bonchev–Trinajstić information content (AvgIpc) is 3.05. The highest BCUT2D eigenvalue weighted by Gasteiger charge is 2.40. The van der Waals surface area contributed by atoms with E-state index in [2.05, 4.69) is 15.1 Å². The largest absolute Gasteiger partial charge is 0.337 e. The van der Waals surface area contributed by atoms with Crippen molar-refractivity contribution in [2.24, 2.45) is 5.92 Å². The van der Waals surface area contributed by atoms with Crippen LogP contribution in [0.2, 0.25) is 0 Å². The number of nitrogens with zero attached hydrogens (tertiary/aromatic N) is 4. The molecular formula is C17H20N4O2. The second kappa shape index (κ2) is 6.10. The molecule has 120 valence electrons. The average molecular weight is 312 g/mol. The molecule has 6 heteroatoms. The summed E-state index contributed by atoms with van der Waals surface area (Å²) in [6, 6.07) is 3.68. The van der Waals surface area contributed by atoms with Crippen molar-refractivity contribution >= 4 is 5.91 Å². The van der Waals surface area contributed by atoms with Gasteiger partial charge in [-0.1, -0.05) is 24.4 Å². The summed E-state index contributed by atoms with van der Waals surface area (Å²) in [4.78, 5) is 23.1. The van der Waals surface area contributed by atoms with Gasteiger partial charge in [-0.05, 0) is 31.4 Å². The highest BCUT2D eigenvalue weighted by atomic mass is 16.5. The standard InChI is InChI=1S/C17H20N4O2/c22-17(12-5-2-1-3-6-12)21-10-8-14(21)16-19-15(20-23-16)13-7-4-9-18-11-13/h4,7,9,11-12,14H,1-3,5-6,8,10H2/t14-/m1/s1. The van der Waals surface area contributed by atoms with Gasteiger partial charge in [0.25, 0.3) is 0 Å². The summed E-state index contributed by atoms with van der Waals surface area (Å²) in [5, 5.41) is 4.03. The van der Waals surface area contributed by atoms with E-state index < -0.39 is 0 Å². The normalized spacial score (nSPS) is 21.9. The third-order valence-electron chi connectivity index (χ3n) is 4.90. The van der Waals surface area contributed by atoms with Crippen molar-refractivity contribution in [2.75, 3.05) is 6.54 Å². The maximum atomic E-state index is 12.7. The number of likely N-dealkylation sites (tertiary alicyclic amines) is 1. The molecule has 0 spiro atoms. The van der Waals surface area contributed by atoms with Crippen molar-refractivity contribution in [3.8, 4) is 11.4 Å². The molecule has 1 saturated heterocycles. The summed E-state index contributed by atoms with van der Waals surface area (Å²) < 4.78 is 5.41. The van der Waals surface area contributed by atoms with Gasteiger partial charge in [-0.25, -0.2) is 0 Å². The van der Waals surface area contributed by atoms with E-state index in [0.29, 0.717) is 11.7 Å². The number of aromatic nitrogens is 3. The lowest BCUT2D eigenvalue weighted by molar-refractivity contribution is -0.145. The third-order valence-corrected chi connectivity index (χ3v) is 4.90. The minimum atomic E-state index is -0.0534. The molecule has 1 saturated carbocycles. The van der Waals surface area contributed by atoms with Gasteiger partial charge in [-0.15, -0.1) is 0 Å². The fourth-order valence-electron chi connectivity index (χ4n) is 3.47. The van der Waals surface area contributed by atoms with Crippen LogP contribution in [0.3, 0.4) is 0 Å². The number of hydrogen-bond donors (Lipinski definition) is 0. The number of rotatable bonds is 3. The Morgan fingerprint density at radius 3 is 2.78 bits per heavy atom. The predicted molar refractivity (Wildman–Crippen MR) is 83.2 cm³/mol. The van der Waals surface area contributed by atoms with E-state index in [0.717, 1.165) is 31.4 Å². The maximum absolute atomic E-state index is 12.7. The first kappa shape index (κ1) is 14.4. The molecule has 1 amide bonds. The van der Waals surface area contributed by atoms with Gasteiger partial charge in [0.2, 0.25) is 17.6 Å². The Morgan fingerprint density at radius 1 is 1.22 bits per heavy atom. The summed E-state index contributed by atoms with van der Waals surface area (Å²) >= 11 is 0. The van der Waals surface area contributed by atoms with Crippen LogP contribution in [0.5, 0.6) is 0 Å². The smallest absolute Gasteiger partial charge is 0.249 e. The monoisotopic (exact) mass is 312 g/mol. The molecule has 0 N–H and O–H groups in total. The Balaban J connectivity index is 1.48. The van der Waals surface area contributed by atoms with Crippen LogP contribution in [0.1, 0.15) is 50.5 Å². The Labute approximate surface area is 134 Å². The topological polar surface area (TPSA) is 72.1 Å². The van der Waals surface area contributed by atoms with Gasteiger partial charge in [0, 0.05) is 30.4 Å². The van der Waals surface area contributed by atoms with E-state index in [-0.39, 0.29) is 17.9 Å². The molecule has 3 heterocycles. The molecule has 2 aromatic heterocycles. The van der Waals surface area contributed by atoms with Gasteiger partial charge in [0.1, 0.15) is 6.04 Å². The van der Waals surface area contributed by atoms with Crippen LogP contribution in [0.4, 0.5) is 0 Å². The highest BCUT2D eigenvalue weighted by molar-refractivity contribution is 5.80. The summed E-state index contributed by atoms with van der Waals surface area (Å²) in [5.74, 6) is 1.53. The zero-order valence-corrected chi connectivity index (χ0v) is 13.0. The molecule has 6 nitrogen and oxygen atoms in total. The zero-order valence-electron chi connectivity index (χ0n) is 13.0. The molecule has 0 aromatic carbocycles. The Morgan fingerprint density at radius 2 is 2.09 bits per heavy atom. The van der Waals surface area contributed by atoms with Crippen molar-refractivity contribution < 1.29 is 9.32 Å². The van der Waals surface area contributed by atoms with Crippen molar-refractivity contribution in [3.63, 3.8) is 0 Å². The van der Waals surface area contributed by atoms with E-state index >= 15 is 0 Å². The fourth-order valence-corrected chi connectivity index (χ4v) is 3.47. The molecule has 1 atom stereocenters. The Hall–Kier alpha value is -2.24. The molecule has 1 aliphatic heterocycles. The molecule has 0 bridgehead atoms. The molecule has 4 rings (SSSR count). The van der Waals surface area contributed by atoms with Crippen LogP contribution >= 0.6 is 0 Å². The van der Waals surface area contributed by atoms with Gasteiger partial charge >= 0.3 is 0 Å². The predicted octanol–water partition coefficient (Wildman–Crippen LogP) is 2.99. The first-order chi connectivity index (χ1) is 11.3. The second-order valence-corrected chi connectivity index (χ2v) is 6.37. The minimum absolute atomic E-state index is 0.0534. The van der Waals surface area contributed by atoms with Gasteiger partial charge < -0.3 is 9.42 Å². The molecule has 2 aromatic rings. The van der Waals surface area contributed by atoms with Crippen LogP contribution < -0.4 is 0 Å². The van der Waals surface area contributed by atoms with Gasteiger partial charge in [0.05, 0.1) is 0 Å². The molecule has 0 radical (unpaired) electrons. The van der Waals surface area contributed by atoms with E-state index in [9.17, 15) is 4.79 Å². The molecular weight excluding hydrogens is 292 g/mol. The van der Waals surface area contributed by atoms with Crippen LogP contribution in [0, 0.1) is 5.92 Å². The maximum Gasteiger partial charge on any atom is 0.249 e. The van der Waals surface area contributed by atoms with Gasteiger partial charge in [-0.2, -0.15) is 4.98 Å². The highest BCUT2D eigenvalue weighted by Crippen LogP contribution is 2.36. The van der Waals surface area contributed by atoms with E-state index in [1.54, 1.807) is 12.4 Å². The number of pyridine rings is 1. The Bertz CT molecular complexity index is 679. The van der Waals surface area contributed by atoms with Crippen LogP contribution in [0.15, 0.2) is 29.0 Å². The van der Waals surface area contributed by atoms with Crippen molar-refractivity contribution in [1.82, 2.24) is 20.0 Å². The Kier molecular flexibility index (Phi) is 3.81. The second-order valence-electron chi connectivity index (χ2n) is 6.37. The third kappa shape index (κ3) is 2.73. The first-order valence-corrected chi connectivity index (χ1v) is 8.37. The molecule has 2 fully saturated rings. The van der Waals surface area contributed by atoms with Crippen molar-refractivity contribution in [1.29, 1.82) is 0 Å². The lowest BCUT2D eigenvalue weighted by atomic mass is 9.86.